The molecular formula is C13H12N2O4. The Labute approximate surface area is 109 Å². The Kier molecular flexibility index (Phi) is 2.63. The van der Waals surface area contributed by atoms with Gasteiger partial charge in [-0.05, 0) is 25.1 Å². The topological polar surface area (TPSA) is 73.6 Å². The van der Waals surface area contributed by atoms with Crippen molar-refractivity contribution in [1.29, 1.82) is 0 Å². The highest BCUT2D eigenvalue weighted by molar-refractivity contribution is 5.85. The van der Waals surface area contributed by atoms with E-state index < -0.39 is 5.97 Å². The van der Waals surface area contributed by atoms with Crippen LogP contribution in [0, 0.1) is 6.92 Å². The molecule has 3 rings (SSSR count). The summed E-state index contributed by atoms with van der Waals surface area (Å²) in [4.78, 5) is 10.9. The van der Waals surface area contributed by atoms with Crippen LogP contribution in [0.2, 0.25) is 0 Å². The zero-order chi connectivity index (χ0) is 13.4. The fourth-order valence-electron chi connectivity index (χ4n) is 2.00. The van der Waals surface area contributed by atoms with Gasteiger partial charge in [-0.25, -0.2) is 9.48 Å². The smallest absolute Gasteiger partial charge is 0.356 e. The van der Waals surface area contributed by atoms with Crippen molar-refractivity contribution in [2.45, 2.75) is 6.92 Å². The van der Waals surface area contributed by atoms with E-state index in [-0.39, 0.29) is 5.69 Å². The number of carboxylic acids is 1. The Bertz CT molecular complexity index is 648. The van der Waals surface area contributed by atoms with Gasteiger partial charge in [0.25, 0.3) is 0 Å². The molecule has 1 N–H and O–H groups in total. The molecule has 0 radical (unpaired) electrons. The highest BCUT2D eigenvalue weighted by Gasteiger charge is 2.15. The first-order valence-electron chi connectivity index (χ1n) is 5.85. The molecule has 1 aliphatic rings. The summed E-state index contributed by atoms with van der Waals surface area (Å²) in [7, 11) is 0. The number of rotatable bonds is 2. The number of benzene rings is 1. The van der Waals surface area contributed by atoms with Crippen LogP contribution in [0.4, 0.5) is 0 Å². The first-order valence-corrected chi connectivity index (χ1v) is 5.85. The normalized spacial score (nSPS) is 13.3. The third-order valence-corrected chi connectivity index (χ3v) is 2.88. The molecule has 0 saturated heterocycles. The second kappa shape index (κ2) is 4.31. The van der Waals surface area contributed by atoms with Crippen molar-refractivity contribution in [3.05, 3.63) is 35.7 Å². The monoisotopic (exact) mass is 260 g/mol. The molecule has 6 nitrogen and oxygen atoms in total. The summed E-state index contributed by atoms with van der Waals surface area (Å²) in [5.74, 6) is 0.299. The van der Waals surface area contributed by atoms with Crippen LogP contribution in [0.3, 0.4) is 0 Å². The zero-order valence-electron chi connectivity index (χ0n) is 10.3. The third kappa shape index (κ3) is 2.01. The van der Waals surface area contributed by atoms with Crippen molar-refractivity contribution in [3.8, 4) is 17.2 Å². The van der Waals surface area contributed by atoms with Gasteiger partial charge < -0.3 is 14.6 Å². The number of carboxylic acid groups (broad SMARTS) is 1. The number of ether oxygens (including phenoxy) is 2. The van der Waals surface area contributed by atoms with Crippen molar-refractivity contribution < 1.29 is 19.4 Å². The van der Waals surface area contributed by atoms with Crippen LogP contribution >= 0.6 is 0 Å². The largest absolute Gasteiger partial charge is 0.486 e. The summed E-state index contributed by atoms with van der Waals surface area (Å²) in [6.07, 6.45) is 0. The molecule has 0 amide bonds. The third-order valence-electron chi connectivity index (χ3n) is 2.88. The van der Waals surface area contributed by atoms with Gasteiger partial charge >= 0.3 is 5.97 Å². The van der Waals surface area contributed by atoms with Crippen LogP contribution in [-0.4, -0.2) is 34.1 Å². The van der Waals surface area contributed by atoms with Crippen molar-refractivity contribution >= 4 is 5.97 Å². The van der Waals surface area contributed by atoms with E-state index in [0.29, 0.717) is 24.7 Å². The summed E-state index contributed by atoms with van der Waals surface area (Å²) in [6.45, 7) is 2.85. The minimum atomic E-state index is -1.04. The molecule has 0 aliphatic carbocycles. The van der Waals surface area contributed by atoms with E-state index in [0.717, 1.165) is 11.4 Å². The summed E-state index contributed by atoms with van der Waals surface area (Å²) in [5.41, 5.74) is 1.51. The van der Waals surface area contributed by atoms with Gasteiger partial charge in [-0.3, -0.25) is 0 Å². The molecule has 0 unspecified atom stereocenters. The fraction of sp³-hybridized carbons (Fsp3) is 0.231. The maximum atomic E-state index is 10.9. The van der Waals surface area contributed by atoms with Gasteiger partial charge in [-0.15, -0.1) is 0 Å². The van der Waals surface area contributed by atoms with Crippen LogP contribution in [0.1, 0.15) is 16.2 Å². The fourth-order valence-corrected chi connectivity index (χ4v) is 2.00. The molecule has 0 fully saturated rings. The average molecular weight is 260 g/mol. The predicted molar refractivity (Wildman–Crippen MR) is 66.3 cm³/mol. The number of hydrogen-bond donors (Lipinski definition) is 1. The molecule has 2 aromatic rings. The highest BCUT2D eigenvalue weighted by atomic mass is 16.6. The summed E-state index contributed by atoms with van der Waals surface area (Å²) in [6, 6.07) is 6.93. The number of carbonyl (C=O) groups is 1. The van der Waals surface area contributed by atoms with Crippen molar-refractivity contribution in [1.82, 2.24) is 9.78 Å². The Balaban J connectivity index is 2.04. The average Bonchev–Trinajstić information content (AvgIpc) is 2.80. The number of fused-ring (bicyclic) bond motifs is 1. The highest BCUT2D eigenvalue weighted by Crippen LogP contribution is 2.32. The van der Waals surface area contributed by atoms with Crippen LogP contribution in [-0.2, 0) is 0 Å². The second-order valence-electron chi connectivity index (χ2n) is 4.22. The first-order chi connectivity index (χ1) is 9.15. The predicted octanol–water partition coefficient (Wildman–Crippen LogP) is 1.65. The standard InChI is InChI=1S/C13H12N2O4/c1-8-6-10(13(16)17)14-15(8)9-2-3-11-12(7-9)19-5-4-18-11/h2-3,6-7H,4-5H2,1H3,(H,16,17). The van der Waals surface area contributed by atoms with Gasteiger partial charge in [0.15, 0.2) is 17.2 Å². The van der Waals surface area contributed by atoms with E-state index in [9.17, 15) is 4.79 Å². The van der Waals surface area contributed by atoms with Crippen LogP contribution < -0.4 is 9.47 Å². The molecule has 6 heteroatoms. The van der Waals surface area contributed by atoms with E-state index >= 15 is 0 Å². The molecule has 19 heavy (non-hydrogen) atoms. The van der Waals surface area contributed by atoms with Crippen LogP contribution in [0.15, 0.2) is 24.3 Å². The zero-order valence-corrected chi connectivity index (χ0v) is 10.3. The Morgan fingerprint density at radius 1 is 1.26 bits per heavy atom. The minimum absolute atomic E-state index is 0.0207. The summed E-state index contributed by atoms with van der Waals surface area (Å²) in [5, 5.41) is 13.0. The number of aromatic carboxylic acids is 1. The van der Waals surface area contributed by atoms with Gasteiger partial charge in [0.2, 0.25) is 0 Å². The van der Waals surface area contributed by atoms with E-state index in [1.54, 1.807) is 23.7 Å². The van der Waals surface area contributed by atoms with Gasteiger partial charge in [0, 0.05) is 11.8 Å². The number of aromatic nitrogens is 2. The quantitative estimate of drug-likeness (QED) is 0.888. The Hall–Kier alpha value is -2.50. The SMILES string of the molecule is Cc1cc(C(=O)O)nn1-c1ccc2c(c1)OCCO2. The minimum Gasteiger partial charge on any atom is -0.486 e. The molecular weight excluding hydrogens is 248 g/mol. The number of hydrogen-bond acceptors (Lipinski definition) is 4. The maximum absolute atomic E-state index is 10.9. The number of aryl methyl sites for hydroxylation is 1. The van der Waals surface area contributed by atoms with E-state index in [1.165, 1.54) is 6.07 Å². The molecule has 0 bridgehead atoms. The lowest BCUT2D eigenvalue weighted by atomic mass is 10.2. The van der Waals surface area contributed by atoms with Gasteiger partial charge in [-0.1, -0.05) is 0 Å². The molecule has 98 valence electrons. The van der Waals surface area contributed by atoms with Gasteiger partial charge in [-0.2, -0.15) is 5.10 Å². The van der Waals surface area contributed by atoms with Crippen LogP contribution in [0.25, 0.3) is 5.69 Å². The molecule has 0 spiro atoms. The molecule has 1 aliphatic heterocycles. The lowest BCUT2D eigenvalue weighted by Gasteiger charge is -2.19. The Morgan fingerprint density at radius 3 is 2.68 bits per heavy atom. The van der Waals surface area contributed by atoms with E-state index in [1.807, 2.05) is 6.07 Å². The molecule has 1 aromatic carbocycles. The summed E-state index contributed by atoms with van der Waals surface area (Å²) >= 11 is 0. The van der Waals surface area contributed by atoms with Gasteiger partial charge in [0.1, 0.15) is 13.2 Å². The summed E-state index contributed by atoms with van der Waals surface area (Å²) < 4.78 is 12.5. The first kappa shape index (κ1) is 11.6. The van der Waals surface area contributed by atoms with E-state index in [4.69, 9.17) is 14.6 Å². The lowest BCUT2D eigenvalue weighted by molar-refractivity contribution is 0.0690. The van der Waals surface area contributed by atoms with Crippen molar-refractivity contribution in [2.24, 2.45) is 0 Å². The van der Waals surface area contributed by atoms with E-state index in [2.05, 4.69) is 5.10 Å². The molecule has 1 aromatic heterocycles. The molecule has 0 atom stereocenters. The van der Waals surface area contributed by atoms with Gasteiger partial charge in [0.05, 0.1) is 5.69 Å². The second-order valence-corrected chi connectivity index (χ2v) is 4.22. The lowest BCUT2D eigenvalue weighted by Crippen LogP contribution is -2.15. The van der Waals surface area contributed by atoms with Crippen molar-refractivity contribution in [2.75, 3.05) is 13.2 Å². The maximum Gasteiger partial charge on any atom is 0.356 e. The Morgan fingerprint density at radius 2 is 2.00 bits per heavy atom. The van der Waals surface area contributed by atoms with Crippen LogP contribution in [0.5, 0.6) is 11.5 Å². The number of nitrogens with zero attached hydrogens (tertiary/aromatic N) is 2. The van der Waals surface area contributed by atoms with Crippen molar-refractivity contribution in [3.63, 3.8) is 0 Å². The molecule has 0 saturated carbocycles. The molecule has 2 heterocycles.